The molecule has 0 saturated carbocycles. The minimum absolute atomic E-state index is 0.180. The number of hydrogen-bond donors (Lipinski definition) is 1. The van der Waals surface area contributed by atoms with Crippen LogP contribution in [-0.4, -0.2) is 10.5 Å². The summed E-state index contributed by atoms with van der Waals surface area (Å²) in [6, 6.07) is 14.4. The van der Waals surface area contributed by atoms with Gasteiger partial charge in [0.05, 0.1) is 28.3 Å². The number of allylic oxidation sites excluding steroid dienone is 1. The Kier molecular flexibility index (Phi) is 5.01. The molecular weight excluding hydrogens is 430 g/mol. The van der Waals surface area contributed by atoms with E-state index in [1.165, 1.54) is 22.7 Å². The fourth-order valence-corrected chi connectivity index (χ4v) is 5.43. The molecule has 1 atom stereocenters. The van der Waals surface area contributed by atoms with Gasteiger partial charge in [-0.15, -0.1) is 11.3 Å². The van der Waals surface area contributed by atoms with E-state index in [0.717, 1.165) is 10.4 Å². The lowest BCUT2D eigenvalue weighted by Gasteiger charge is -2.24. The number of hydrogen-bond acceptors (Lipinski definition) is 6. The van der Waals surface area contributed by atoms with Crippen LogP contribution in [0.4, 0.5) is 5.69 Å². The lowest BCUT2D eigenvalue weighted by atomic mass is 10.0. The summed E-state index contributed by atoms with van der Waals surface area (Å²) in [5.41, 5.74) is 2.38. The standard InChI is InChI=1S/C23H17N3O3S2/c1-14-19(21(27)25-16-6-3-2-4-7-16)20(17-8-5-11-30-17)26-22(28)18(31-23(26)24-14)12-15-9-10-29-13-15/h2-13,20H,1H3,(H,25,27)/t20-/m0/s1. The SMILES string of the molecule is CC1=C(C(=O)Nc2ccccc2)[C@H](c2cccs2)n2c(sc(=Cc3ccoc3)c2=O)=N1. The maximum Gasteiger partial charge on any atom is 0.271 e. The number of nitrogens with one attached hydrogen (secondary N) is 1. The first kappa shape index (κ1) is 19.5. The van der Waals surface area contributed by atoms with Gasteiger partial charge in [0, 0.05) is 16.1 Å². The molecule has 0 bridgehead atoms. The van der Waals surface area contributed by atoms with Crippen LogP contribution < -0.4 is 20.2 Å². The number of carbonyl (C=O) groups excluding carboxylic acids is 1. The number of fused-ring (bicyclic) bond motifs is 1. The molecule has 1 N–H and O–H groups in total. The number of thiazole rings is 1. The van der Waals surface area contributed by atoms with Gasteiger partial charge in [-0.05, 0) is 42.6 Å². The van der Waals surface area contributed by atoms with Gasteiger partial charge in [0.15, 0.2) is 4.80 Å². The van der Waals surface area contributed by atoms with Gasteiger partial charge in [-0.1, -0.05) is 35.6 Å². The van der Waals surface area contributed by atoms with E-state index in [4.69, 9.17) is 4.42 Å². The van der Waals surface area contributed by atoms with Crippen LogP contribution >= 0.6 is 22.7 Å². The van der Waals surface area contributed by atoms with Crippen LogP contribution in [0.3, 0.4) is 0 Å². The Morgan fingerprint density at radius 3 is 2.74 bits per heavy atom. The Morgan fingerprint density at radius 2 is 2.03 bits per heavy atom. The van der Waals surface area contributed by atoms with Gasteiger partial charge in [0.25, 0.3) is 11.5 Å². The number of anilines is 1. The monoisotopic (exact) mass is 447 g/mol. The number of thiophene rings is 1. The largest absolute Gasteiger partial charge is 0.472 e. The van der Waals surface area contributed by atoms with Crippen LogP contribution in [0.15, 0.2) is 91.9 Å². The number of nitrogens with zero attached hydrogens (tertiary/aromatic N) is 2. The van der Waals surface area contributed by atoms with E-state index in [0.29, 0.717) is 26.3 Å². The van der Waals surface area contributed by atoms with Crippen molar-refractivity contribution in [3.63, 3.8) is 0 Å². The molecular formula is C23H17N3O3S2. The number of furan rings is 1. The second-order valence-corrected chi connectivity index (χ2v) is 8.96. The lowest BCUT2D eigenvalue weighted by Crippen LogP contribution is -2.40. The average molecular weight is 448 g/mol. The molecule has 0 unspecified atom stereocenters. The van der Waals surface area contributed by atoms with E-state index in [-0.39, 0.29) is 11.5 Å². The van der Waals surface area contributed by atoms with Gasteiger partial charge in [-0.3, -0.25) is 14.2 Å². The smallest absolute Gasteiger partial charge is 0.271 e. The van der Waals surface area contributed by atoms with Gasteiger partial charge in [-0.2, -0.15) is 0 Å². The van der Waals surface area contributed by atoms with Crippen molar-refractivity contribution in [3.8, 4) is 0 Å². The van der Waals surface area contributed by atoms with Gasteiger partial charge < -0.3 is 9.73 Å². The maximum atomic E-state index is 13.4. The highest BCUT2D eigenvalue weighted by molar-refractivity contribution is 7.10. The summed E-state index contributed by atoms with van der Waals surface area (Å²) >= 11 is 2.82. The van der Waals surface area contributed by atoms with E-state index in [9.17, 15) is 9.59 Å². The molecule has 8 heteroatoms. The third-order valence-corrected chi connectivity index (χ3v) is 6.86. The molecule has 5 rings (SSSR count). The van der Waals surface area contributed by atoms with E-state index in [2.05, 4.69) is 10.3 Å². The van der Waals surface area contributed by atoms with Crippen LogP contribution in [-0.2, 0) is 4.79 Å². The number of carbonyl (C=O) groups is 1. The Labute approximate surface area is 185 Å². The third-order valence-electron chi connectivity index (χ3n) is 4.95. The van der Waals surface area contributed by atoms with Crippen molar-refractivity contribution in [1.82, 2.24) is 4.57 Å². The number of benzene rings is 1. The van der Waals surface area contributed by atoms with Gasteiger partial charge in [-0.25, -0.2) is 4.99 Å². The zero-order chi connectivity index (χ0) is 21.4. The van der Waals surface area contributed by atoms with Gasteiger partial charge >= 0.3 is 0 Å². The molecule has 4 heterocycles. The molecule has 1 amide bonds. The van der Waals surface area contributed by atoms with Crippen molar-refractivity contribution in [1.29, 1.82) is 0 Å². The van der Waals surface area contributed by atoms with E-state index < -0.39 is 6.04 Å². The van der Waals surface area contributed by atoms with Crippen LogP contribution in [0.2, 0.25) is 0 Å². The molecule has 31 heavy (non-hydrogen) atoms. The van der Waals surface area contributed by atoms with E-state index in [1.807, 2.05) is 54.8 Å². The highest BCUT2D eigenvalue weighted by Gasteiger charge is 2.33. The summed E-state index contributed by atoms with van der Waals surface area (Å²) in [4.78, 5) is 32.8. The third kappa shape index (κ3) is 3.60. The summed E-state index contributed by atoms with van der Waals surface area (Å²) < 4.78 is 7.27. The Hall–Kier alpha value is -3.49. The number of aromatic nitrogens is 1. The van der Waals surface area contributed by atoms with Gasteiger partial charge in [0.1, 0.15) is 6.04 Å². The molecule has 1 aliphatic rings. The Balaban J connectivity index is 1.66. The second-order valence-electron chi connectivity index (χ2n) is 6.97. The molecule has 0 aliphatic carbocycles. The predicted molar refractivity (Wildman–Crippen MR) is 122 cm³/mol. The molecule has 4 aromatic rings. The zero-order valence-electron chi connectivity index (χ0n) is 16.4. The van der Waals surface area contributed by atoms with Crippen LogP contribution in [0.25, 0.3) is 6.08 Å². The summed E-state index contributed by atoms with van der Waals surface area (Å²) in [6.45, 7) is 1.81. The summed E-state index contributed by atoms with van der Waals surface area (Å²) in [6.07, 6.45) is 4.92. The van der Waals surface area contributed by atoms with Crippen molar-refractivity contribution in [2.75, 3.05) is 5.32 Å². The molecule has 6 nitrogen and oxygen atoms in total. The van der Waals surface area contributed by atoms with Gasteiger partial charge in [0.2, 0.25) is 0 Å². The highest BCUT2D eigenvalue weighted by atomic mass is 32.1. The molecule has 154 valence electrons. The maximum absolute atomic E-state index is 13.4. The molecule has 3 aromatic heterocycles. The molecule has 0 radical (unpaired) electrons. The molecule has 0 fully saturated rings. The quantitative estimate of drug-likeness (QED) is 0.520. The van der Waals surface area contributed by atoms with Crippen LogP contribution in [0.5, 0.6) is 0 Å². The lowest BCUT2D eigenvalue weighted by molar-refractivity contribution is -0.113. The molecule has 1 aromatic carbocycles. The summed E-state index contributed by atoms with van der Waals surface area (Å²) in [5.74, 6) is -0.269. The fourth-order valence-electron chi connectivity index (χ4n) is 3.56. The predicted octanol–water partition coefficient (Wildman–Crippen LogP) is 3.53. The molecule has 0 spiro atoms. The number of amides is 1. The minimum atomic E-state index is -0.536. The molecule has 0 saturated heterocycles. The van der Waals surface area contributed by atoms with E-state index in [1.54, 1.807) is 29.2 Å². The molecule has 1 aliphatic heterocycles. The highest BCUT2D eigenvalue weighted by Crippen LogP contribution is 2.33. The first-order valence-electron chi connectivity index (χ1n) is 9.56. The minimum Gasteiger partial charge on any atom is -0.472 e. The number of para-hydroxylation sites is 1. The normalized spacial score (nSPS) is 16.2. The second kappa shape index (κ2) is 7.98. The summed E-state index contributed by atoms with van der Waals surface area (Å²) in [5, 5.41) is 4.89. The average Bonchev–Trinajstić information content (AvgIpc) is 3.51. The van der Waals surface area contributed by atoms with Crippen molar-refractivity contribution in [2.45, 2.75) is 13.0 Å². The fraction of sp³-hybridized carbons (Fsp3) is 0.0870. The first-order valence-corrected chi connectivity index (χ1v) is 11.3. The topological polar surface area (TPSA) is 76.6 Å². The first-order chi connectivity index (χ1) is 15.1. The van der Waals surface area contributed by atoms with Crippen LogP contribution in [0.1, 0.15) is 23.4 Å². The van der Waals surface area contributed by atoms with E-state index >= 15 is 0 Å². The van der Waals surface area contributed by atoms with Crippen molar-refractivity contribution in [3.05, 3.63) is 108 Å². The number of rotatable bonds is 4. The van der Waals surface area contributed by atoms with Crippen molar-refractivity contribution in [2.24, 2.45) is 4.99 Å². The Bertz CT molecular complexity index is 1440. The zero-order valence-corrected chi connectivity index (χ0v) is 18.1. The summed E-state index contributed by atoms with van der Waals surface area (Å²) in [7, 11) is 0. The van der Waals surface area contributed by atoms with Crippen molar-refractivity contribution >= 4 is 40.3 Å². The van der Waals surface area contributed by atoms with Crippen molar-refractivity contribution < 1.29 is 9.21 Å². The van der Waals surface area contributed by atoms with Crippen LogP contribution in [0, 0.1) is 0 Å². The Morgan fingerprint density at radius 1 is 1.19 bits per heavy atom.